The minimum absolute atomic E-state index is 0.457. The fourth-order valence-electron chi connectivity index (χ4n) is 8.79. The zero-order valence-electron chi connectivity index (χ0n) is 31.2. The SMILES string of the molecule is c1ccc(-c2ccc3oc4cccc(-c5ccc(C6=NC(c7cccc8c7oc7ccccc78)NC(c7ccc8ccccc8c7)=N6)c6ccccc56)c4c3c2)cc1. The fourth-order valence-corrected chi connectivity index (χ4v) is 8.79. The third-order valence-electron chi connectivity index (χ3n) is 11.6. The lowest BCUT2D eigenvalue weighted by Crippen LogP contribution is -2.33. The van der Waals surface area contributed by atoms with Crippen molar-refractivity contribution in [1.29, 1.82) is 0 Å². The number of fused-ring (bicyclic) bond motifs is 8. The van der Waals surface area contributed by atoms with E-state index in [2.05, 4.69) is 175 Å². The zero-order chi connectivity index (χ0) is 38.2. The van der Waals surface area contributed by atoms with Crippen molar-refractivity contribution in [3.05, 3.63) is 205 Å². The summed E-state index contributed by atoms with van der Waals surface area (Å²) in [7, 11) is 0. The first-order valence-electron chi connectivity index (χ1n) is 19.6. The minimum atomic E-state index is -0.457. The summed E-state index contributed by atoms with van der Waals surface area (Å²) in [5.74, 6) is 1.41. The molecule has 1 unspecified atom stereocenters. The van der Waals surface area contributed by atoms with Gasteiger partial charge >= 0.3 is 0 Å². The van der Waals surface area contributed by atoms with Crippen LogP contribution in [-0.4, -0.2) is 11.7 Å². The Morgan fingerprint density at radius 3 is 2.00 bits per heavy atom. The number of hydrogen-bond donors (Lipinski definition) is 1. The summed E-state index contributed by atoms with van der Waals surface area (Å²) in [6.07, 6.45) is -0.457. The highest BCUT2D eigenvalue weighted by molar-refractivity contribution is 6.21. The third kappa shape index (κ3) is 5.17. The normalized spacial score (nSPS) is 14.4. The van der Waals surface area contributed by atoms with Crippen LogP contribution >= 0.6 is 0 Å². The van der Waals surface area contributed by atoms with Crippen LogP contribution in [0.2, 0.25) is 0 Å². The molecule has 1 N–H and O–H groups in total. The summed E-state index contributed by atoms with van der Waals surface area (Å²) in [4.78, 5) is 10.7. The minimum Gasteiger partial charge on any atom is -0.456 e. The fraction of sp³-hybridized carbons (Fsp3) is 0.0189. The van der Waals surface area contributed by atoms with E-state index in [4.69, 9.17) is 18.8 Å². The molecule has 11 aromatic rings. The number of furan rings is 2. The summed E-state index contributed by atoms with van der Waals surface area (Å²) in [6.45, 7) is 0. The highest BCUT2D eigenvalue weighted by Gasteiger charge is 2.26. The van der Waals surface area contributed by atoms with E-state index in [0.29, 0.717) is 5.84 Å². The maximum absolute atomic E-state index is 6.55. The Morgan fingerprint density at radius 2 is 1.10 bits per heavy atom. The Balaban J connectivity index is 1.05. The van der Waals surface area contributed by atoms with Gasteiger partial charge in [0.2, 0.25) is 0 Å². The van der Waals surface area contributed by atoms with Gasteiger partial charge in [0.15, 0.2) is 12.0 Å². The standard InChI is InChI=1S/C53H33N3O2/c1-2-12-32(13-3-1)35-26-29-47-45(31-35)49-41(19-11-23-48(49)57-47)39-27-28-43(38-17-7-6-16-37(38)39)52-54-51(36-25-24-33-14-4-5-15-34(33)30-36)55-53(56-52)44-21-10-20-42-40-18-8-9-22-46(40)58-50(42)44/h1-31,53H,(H,54,55,56). The Bertz CT molecular complexity index is 3500. The smallest absolute Gasteiger partial charge is 0.160 e. The summed E-state index contributed by atoms with van der Waals surface area (Å²) in [6, 6.07) is 65.7. The molecule has 3 heterocycles. The topological polar surface area (TPSA) is 63.0 Å². The molecule has 1 aliphatic rings. The van der Waals surface area contributed by atoms with Crippen molar-refractivity contribution in [2.45, 2.75) is 6.17 Å². The molecule has 1 aliphatic heterocycles. The number of nitrogens with zero attached hydrogens (tertiary/aromatic N) is 2. The molecule has 0 spiro atoms. The van der Waals surface area contributed by atoms with Gasteiger partial charge in [0.1, 0.15) is 28.2 Å². The molecule has 58 heavy (non-hydrogen) atoms. The van der Waals surface area contributed by atoms with E-state index in [9.17, 15) is 0 Å². The highest BCUT2D eigenvalue weighted by atomic mass is 16.3. The van der Waals surface area contributed by atoms with Crippen molar-refractivity contribution in [1.82, 2.24) is 5.32 Å². The van der Waals surface area contributed by atoms with Crippen LogP contribution in [0, 0.1) is 0 Å². The van der Waals surface area contributed by atoms with Crippen molar-refractivity contribution in [3.63, 3.8) is 0 Å². The first kappa shape index (κ1) is 32.5. The third-order valence-corrected chi connectivity index (χ3v) is 11.6. The maximum Gasteiger partial charge on any atom is 0.160 e. The van der Waals surface area contributed by atoms with Crippen LogP contribution in [-0.2, 0) is 0 Å². The van der Waals surface area contributed by atoms with Gasteiger partial charge in [-0.3, -0.25) is 0 Å². The van der Waals surface area contributed by atoms with Gasteiger partial charge in [-0.2, -0.15) is 0 Å². The van der Waals surface area contributed by atoms with Crippen LogP contribution in [0.4, 0.5) is 0 Å². The largest absolute Gasteiger partial charge is 0.456 e. The zero-order valence-corrected chi connectivity index (χ0v) is 31.2. The molecule has 0 saturated heterocycles. The van der Waals surface area contributed by atoms with E-state index in [1.807, 2.05) is 18.2 Å². The van der Waals surface area contributed by atoms with Crippen molar-refractivity contribution in [2.24, 2.45) is 9.98 Å². The molecule has 9 aromatic carbocycles. The molecule has 1 atom stereocenters. The predicted molar refractivity (Wildman–Crippen MR) is 239 cm³/mol. The van der Waals surface area contributed by atoms with Crippen LogP contribution < -0.4 is 5.32 Å². The Hall–Kier alpha value is -7.76. The number of rotatable bonds is 5. The van der Waals surface area contributed by atoms with E-state index in [1.165, 1.54) is 10.9 Å². The maximum atomic E-state index is 6.55. The summed E-state index contributed by atoms with van der Waals surface area (Å²) in [5.41, 5.74) is 10.9. The first-order chi connectivity index (χ1) is 28.7. The van der Waals surface area contributed by atoms with Crippen LogP contribution in [0.25, 0.3) is 87.7 Å². The number of hydrogen-bond acceptors (Lipinski definition) is 5. The second kappa shape index (κ2) is 12.9. The monoisotopic (exact) mass is 743 g/mol. The summed E-state index contributed by atoms with van der Waals surface area (Å²) < 4.78 is 13.0. The van der Waals surface area contributed by atoms with Crippen molar-refractivity contribution < 1.29 is 8.83 Å². The van der Waals surface area contributed by atoms with Crippen molar-refractivity contribution in [2.75, 3.05) is 0 Å². The number of nitrogens with one attached hydrogen (secondary N) is 1. The van der Waals surface area contributed by atoms with Crippen molar-refractivity contribution in [3.8, 4) is 22.3 Å². The van der Waals surface area contributed by atoms with E-state index in [1.54, 1.807) is 0 Å². The van der Waals surface area contributed by atoms with Gasteiger partial charge in [0.25, 0.3) is 0 Å². The molecular formula is C53H33N3O2. The van der Waals surface area contributed by atoms with Crippen LogP contribution in [0.1, 0.15) is 22.9 Å². The summed E-state index contributed by atoms with van der Waals surface area (Å²) >= 11 is 0. The predicted octanol–water partition coefficient (Wildman–Crippen LogP) is 13.6. The molecule has 0 fully saturated rings. The van der Waals surface area contributed by atoms with Gasteiger partial charge in [0, 0.05) is 38.2 Å². The molecule has 0 amide bonds. The summed E-state index contributed by atoms with van der Waals surface area (Å²) in [5, 5.41) is 12.6. The van der Waals surface area contributed by atoms with Crippen molar-refractivity contribution >= 4 is 77.1 Å². The van der Waals surface area contributed by atoms with Gasteiger partial charge in [0.05, 0.1) is 0 Å². The van der Waals surface area contributed by atoms with Gasteiger partial charge in [-0.1, -0.05) is 152 Å². The molecule has 5 heteroatoms. The highest BCUT2D eigenvalue weighted by Crippen LogP contribution is 2.42. The number of benzene rings is 9. The van der Waals surface area contributed by atoms with Crippen LogP contribution in [0.15, 0.2) is 207 Å². The molecule has 272 valence electrons. The molecule has 5 nitrogen and oxygen atoms in total. The molecule has 2 aromatic heterocycles. The van der Waals surface area contributed by atoms with E-state index in [0.717, 1.165) is 99.3 Å². The quantitative estimate of drug-likeness (QED) is 0.191. The molecular weight excluding hydrogens is 711 g/mol. The lowest BCUT2D eigenvalue weighted by Gasteiger charge is -2.24. The number of aliphatic imine (C=N–C) groups is 2. The lowest BCUT2D eigenvalue weighted by molar-refractivity contribution is 0.628. The average molecular weight is 744 g/mol. The first-order valence-corrected chi connectivity index (χ1v) is 19.6. The average Bonchev–Trinajstić information content (AvgIpc) is 3.87. The van der Waals surface area contributed by atoms with Crippen LogP contribution in [0.5, 0.6) is 0 Å². The van der Waals surface area contributed by atoms with E-state index >= 15 is 0 Å². The number of para-hydroxylation sites is 2. The molecule has 0 radical (unpaired) electrons. The number of amidine groups is 2. The van der Waals surface area contributed by atoms with E-state index < -0.39 is 6.17 Å². The lowest BCUT2D eigenvalue weighted by atomic mass is 9.91. The second-order valence-electron chi connectivity index (χ2n) is 14.9. The van der Waals surface area contributed by atoms with E-state index in [-0.39, 0.29) is 0 Å². The van der Waals surface area contributed by atoms with Gasteiger partial charge in [-0.05, 0) is 80.2 Å². The Morgan fingerprint density at radius 1 is 0.414 bits per heavy atom. The van der Waals surface area contributed by atoms with Gasteiger partial charge in [-0.25, -0.2) is 9.98 Å². The molecule has 0 bridgehead atoms. The molecule has 12 rings (SSSR count). The molecule has 0 aliphatic carbocycles. The Labute approximate surface area is 333 Å². The molecule has 0 saturated carbocycles. The second-order valence-corrected chi connectivity index (χ2v) is 14.9. The van der Waals surface area contributed by atoms with Crippen LogP contribution in [0.3, 0.4) is 0 Å². The van der Waals surface area contributed by atoms with Gasteiger partial charge < -0.3 is 14.2 Å². The van der Waals surface area contributed by atoms with Gasteiger partial charge in [-0.15, -0.1) is 0 Å². The Kier molecular flexibility index (Phi) is 7.23.